The van der Waals surface area contributed by atoms with Gasteiger partial charge in [-0.05, 0) is 30.2 Å². The Morgan fingerprint density at radius 2 is 1.67 bits per heavy atom. The SMILES string of the molecule is C=CC(=O)NCCC(=C)NCC(=O)NCCc1ccc(NC(=O)C=O)cc1. The van der Waals surface area contributed by atoms with E-state index < -0.39 is 5.91 Å². The zero-order valence-electron chi connectivity index (χ0n) is 15.0. The molecular formula is C19H24N4O4. The van der Waals surface area contributed by atoms with E-state index in [2.05, 4.69) is 34.4 Å². The van der Waals surface area contributed by atoms with Gasteiger partial charge in [0.1, 0.15) is 0 Å². The van der Waals surface area contributed by atoms with Gasteiger partial charge in [0.25, 0.3) is 5.91 Å². The Kier molecular flexibility index (Phi) is 9.62. The van der Waals surface area contributed by atoms with Gasteiger partial charge in [-0.25, -0.2) is 0 Å². The first-order valence-corrected chi connectivity index (χ1v) is 8.38. The van der Waals surface area contributed by atoms with E-state index in [9.17, 15) is 19.2 Å². The second kappa shape index (κ2) is 12.0. The van der Waals surface area contributed by atoms with Gasteiger partial charge >= 0.3 is 0 Å². The minimum Gasteiger partial charge on any atom is -0.380 e. The molecule has 144 valence electrons. The number of benzene rings is 1. The topological polar surface area (TPSA) is 116 Å². The van der Waals surface area contributed by atoms with Crippen molar-refractivity contribution in [3.63, 3.8) is 0 Å². The molecule has 8 heteroatoms. The molecule has 1 rings (SSSR count). The second-order valence-electron chi connectivity index (χ2n) is 5.61. The third-order valence-electron chi connectivity index (χ3n) is 3.47. The van der Waals surface area contributed by atoms with E-state index in [1.807, 2.05) is 12.1 Å². The smallest absolute Gasteiger partial charge is 0.288 e. The molecule has 0 aliphatic carbocycles. The normalized spacial score (nSPS) is 9.63. The quantitative estimate of drug-likeness (QED) is 0.239. The molecule has 0 saturated heterocycles. The minimum atomic E-state index is -0.702. The molecule has 0 unspecified atom stereocenters. The third kappa shape index (κ3) is 9.59. The van der Waals surface area contributed by atoms with Crippen LogP contribution in [0.15, 0.2) is 49.2 Å². The summed E-state index contributed by atoms with van der Waals surface area (Å²) in [5, 5.41) is 10.7. The van der Waals surface area contributed by atoms with E-state index in [1.165, 1.54) is 6.08 Å². The van der Waals surface area contributed by atoms with Crippen molar-refractivity contribution in [1.82, 2.24) is 16.0 Å². The summed E-state index contributed by atoms with van der Waals surface area (Å²) in [4.78, 5) is 44.0. The first kappa shape index (κ1) is 21.6. The zero-order chi connectivity index (χ0) is 20.1. The van der Waals surface area contributed by atoms with Crippen molar-refractivity contribution >= 4 is 29.7 Å². The lowest BCUT2D eigenvalue weighted by atomic mass is 10.1. The highest BCUT2D eigenvalue weighted by Gasteiger charge is 2.03. The van der Waals surface area contributed by atoms with Crippen LogP contribution >= 0.6 is 0 Å². The summed E-state index contributed by atoms with van der Waals surface area (Å²) in [5.41, 5.74) is 2.17. The average molecular weight is 372 g/mol. The van der Waals surface area contributed by atoms with Crippen LogP contribution in [0, 0.1) is 0 Å². The molecule has 0 fully saturated rings. The van der Waals surface area contributed by atoms with Crippen LogP contribution in [0.1, 0.15) is 12.0 Å². The highest BCUT2D eigenvalue weighted by molar-refractivity contribution is 6.29. The minimum absolute atomic E-state index is 0.102. The van der Waals surface area contributed by atoms with Gasteiger partial charge in [-0.15, -0.1) is 0 Å². The molecule has 0 bridgehead atoms. The van der Waals surface area contributed by atoms with E-state index in [0.717, 1.165) is 5.56 Å². The Morgan fingerprint density at radius 3 is 2.30 bits per heavy atom. The van der Waals surface area contributed by atoms with Crippen LogP contribution in [0.5, 0.6) is 0 Å². The van der Waals surface area contributed by atoms with Crippen LogP contribution in [0.3, 0.4) is 0 Å². The number of hydrogen-bond acceptors (Lipinski definition) is 5. The summed E-state index contributed by atoms with van der Waals surface area (Å²) in [6.07, 6.45) is 2.55. The standard InChI is InChI=1S/C19H24N4O4/c1-3-17(25)20-10-8-14(2)22-12-18(26)21-11-9-15-4-6-16(7-5-15)23-19(27)13-24/h3-7,13,22H,1-2,8-12H2,(H,20,25)(H,21,26)(H,23,27). The predicted molar refractivity (Wildman–Crippen MR) is 103 cm³/mol. The molecule has 4 N–H and O–H groups in total. The molecule has 0 spiro atoms. The summed E-state index contributed by atoms with van der Waals surface area (Å²) in [7, 11) is 0. The molecule has 0 radical (unpaired) electrons. The third-order valence-corrected chi connectivity index (χ3v) is 3.47. The first-order chi connectivity index (χ1) is 12.9. The number of anilines is 1. The maximum atomic E-state index is 11.8. The van der Waals surface area contributed by atoms with Crippen LogP contribution < -0.4 is 21.3 Å². The summed E-state index contributed by atoms with van der Waals surface area (Å²) in [6.45, 7) is 8.13. The fourth-order valence-corrected chi connectivity index (χ4v) is 2.04. The Morgan fingerprint density at radius 1 is 0.963 bits per heavy atom. The molecule has 1 aromatic rings. The second-order valence-corrected chi connectivity index (χ2v) is 5.61. The van der Waals surface area contributed by atoms with Crippen molar-refractivity contribution in [3.8, 4) is 0 Å². The van der Waals surface area contributed by atoms with E-state index in [1.54, 1.807) is 12.1 Å². The van der Waals surface area contributed by atoms with E-state index in [-0.39, 0.29) is 24.6 Å². The van der Waals surface area contributed by atoms with Crippen LogP contribution in [-0.4, -0.2) is 43.6 Å². The number of rotatable bonds is 12. The lowest BCUT2D eigenvalue weighted by Gasteiger charge is -2.10. The predicted octanol–water partition coefficient (Wildman–Crippen LogP) is 0.278. The maximum absolute atomic E-state index is 11.8. The highest BCUT2D eigenvalue weighted by Crippen LogP contribution is 2.09. The average Bonchev–Trinajstić information content (AvgIpc) is 2.67. The monoisotopic (exact) mass is 372 g/mol. The fourth-order valence-electron chi connectivity index (χ4n) is 2.04. The zero-order valence-corrected chi connectivity index (χ0v) is 15.0. The number of nitrogens with one attached hydrogen (secondary N) is 4. The summed E-state index contributed by atoms with van der Waals surface area (Å²) < 4.78 is 0. The molecule has 0 aliphatic rings. The van der Waals surface area contributed by atoms with Crippen molar-refractivity contribution in [2.24, 2.45) is 0 Å². The van der Waals surface area contributed by atoms with Gasteiger partial charge in [-0.1, -0.05) is 25.3 Å². The lowest BCUT2D eigenvalue weighted by molar-refractivity contribution is -0.127. The summed E-state index contributed by atoms with van der Waals surface area (Å²) in [5.74, 6) is -1.12. The van der Waals surface area contributed by atoms with Gasteiger partial charge in [0.15, 0.2) is 0 Å². The van der Waals surface area contributed by atoms with Gasteiger partial charge in [0, 0.05) is 30.9 Å². The molecule has 8 nitrogen and oxygen atoms in total. The van der Waals surface area contributed by atoms with E-state index in [4.69, 9.17) is 0 Å². The van der Waals surface area contributed by atoms with Crippen molar-refractivity contribution in [1.29, 1.82) is 0 Å². The van der Waals surface area contributed by atoms with Crippen molar-refractivity contribution < 1.29 is 19.2 Å². The van der Waals surface area contributed by atoms with Gasteiger partial charge in [-0.2, -0.15) is 0 Å². The summed E-state index contributed by atoms with van der Waals surface area (Å²) >= 11 is 0. The number of hydrogen-bond donors (Lipinski definition) is 4. The van der Waals surface area contributed by atoms with E-state index >= 15 is 0 Å². The van der Waals surface area contributed by atoms with Crippen LogP contribution in [0.4, 0.5) is 5.69 Å². The largest absolute Gasteiger partial charge is 0.380 e. The molecule has 0 saturated carbocycles. The van der Waals surface area contributed by atoms with Crippen LogP contribution in [-0.2, 0) is 25.6 Å². The first-order valence-electron chi connectivity index (χ1n) is 8.38. The molecule has 1 aromatic carbocycles. The Hall–Kier alpha value is -3.42. The summed E-state index contributed by atoms with van der Waals surface area (Å²) in [6, 6.07) is 7.00. The Balaban J connectivity index is 2.20. The van der Waals surface area contributed by atoms with E-state index in [0.29, 0.717) is 37.3 Å². The van der Waals surface area contributed by atoms with Gasteiger partial charge in [0.05, 0.1) is 6.54 Å². The van der Waals surface area contributed by atoms with Gasteiger partial charge < -0.3 is 21.3 Å². The molecule has 27 heavy (non-hydrogen) atoms. The highest BCUT2D eigenvalue weighted by atomic mass is 16.2. The maximum Gasteiger partial charge on any atom is 0.288 e. The number of carbonyl (C=O) groups excluding carboxylic acids is 4. The molecule has 0 atom stereocenters. The van der Waals surface area contributed by atoms with Crippen LogP contribution in [0.2, 0.25) is 0 Å². The molecule has 0 aromatic heterocycles. The fraction of sp³-hybridized carbons (Fsp3) is 0.263. The molecule has 0 heterocycles. The van der Waals surface area contributed by atoms with Crippen molar-refractivity contribution in [3.05, 3.63) is 54.8 Å². The lowest BCUT2D eigenvalue weighted by Crippen LogP contribution is -2.35. The Bertz CT molecular complexity index is 698. The number of aldehydes is 1. The molecule has 3 amide bonds. The molecular weight excluding hydrogens is 348 g/mol. The number of amides is 3. The van der Waals surface area contributed by atoms with Crippen molar-refractivity contribution in [2.45, 2.75) is 12.8 Å². The van der Waals surface area contributed by atoms with Gasteiger partial charge in [-0.3, -0.25) is 19.2 Å². The Labute approximate surface area is 158 Å². The van der Waals surface area contributed by atoms with Crippen molar-refractivity contribution in [2.75, 3.05) is 25.0 Å². The van der Waals surface area contributed by atoms with Crippen LogP contribution in [0.25, 0.3) is 0 Å². The number of carbonyl (C=O) groups is 4. The van der Waals surface area contributed by atoms with Gasteiger partial charge in [0.2, 0.25) is 18.1 Å². The molecule has 0 aliphatic heterocycles.